The van der Waals surface area contributed by atoms with Crippen LogP contribution >= 0.6 is 0 Å². The van der Waals surface area contributed by atoms with E-state index in [2.05, 4.69) is 5.32 Å². The van der Waals surface area contributed by atoms with E-state index >= 15 is 0 Å². The lowest BCUT2D eigenvalue weighted by Crippen LogP contribution is -2.45. The number of nitrogens with one attached hydrogen (secondary N) is 1. The molecule has 0 bridgehead atoms. The van der Waals surface area contributed by atoms with Gasteiger partial charge in [-0.1, -0.05) is 0 Å². The van der Waals surface area contributed by atoms with Gasteiger partial charge in [0.25, 0.3) is 0 Å². The Hall–Kier alpha value is -2.41. The lowest BCUT2D eigenvalue weighted by molar-refractivity contribution is -0.133. The number of ether oxygens (including phenoxy) is 1. The molecule has 0 aliphatic carbocycles. The van der Waals surface area contributed by atoms with Crippen LogP contribution in [0, 0.1) is 5.92 Å². The molecule has 1 fully saturated rings. The molecule has 0 unspecified atom stereocenters. The molecule has 0 radical (unpaired) electrons. The zero-order valence-corrected chi connectivity index (χ0v) is 13.8. The third-order valence-electron chi connectivity index (χ3n) is 4.22. The van der Waals surface area contributed by atoms with Gasteiger partial charge in [0, 0.05) is 24.6 Å². The fourth-order valence-corrected chi connectivity index (χ4v) is 2.74. The minimum absolute atomic E-state index is 0.0485. The van der Waals surface area contributed by atoms with Gasteiger partial charge in [-0.3, -0.25) is 14.4 Å². The molecule has 7 nitrogen and oxygen atoms in total. The maximum absolute atomic E-state index is 12.5. The number of carbonyl (C=O) groups excluding carboxylic acids is 3. The summed E-state index contributed by atoms with van der Waals surface area (Å²) in [5, 5.41) is 2.47. The molecule has 0 atom stereocenters. The molecule has 2 rings (SSSR count). The molecule has 0 spiro atoms. The fraction of sp³-hybridized carbons (Fsp3) is 0.471. The highest BCUT2D eigenvalue weighted by Gasteiger charge is 2.27. The molecule has 130 valence electrons. The number of hydrogen-bond donors (Lipinski definition) is 2. The predicted octanol–water partition coefficient (Wildman–Crippen LogP) is 0.191. The van der Waals surface area contributed by atoms with E-state index in [0.717, 1.165) is 0 Å². The molecular weight excluding hydrogens is 310 g/mol. The monoisotopic (exact) mass is 333 g/mol. The van der Waals surface area contributed by atoms with E-state index in [4.69, 9.17) is 10.5 Å². The van der Waals surface area contributed by atoms with Crippen molar-refractivity contribution in [3.05, 3.63) is 29.8 Å². The maximum atomic E-state index is 12.5. The smallest absolute Gasteiger partial charge is 0.241 e. The summed E-state index contributed by atoms with van der Waals surface area (Å²) in [5.41, 5.74) is 5.84. The third-order valence-corrected chi connectivity index (χ3v) is 4.22. The number of nitrogens with zero attached hydrogens (tertiary/aromatic N) is 1. The number of ketones is 1. The van der Waals surface area contributed by atoms with Crippen LogP contribution in [0.5, 0.6) is 5.75 Å². The van der Waals surface area contributed by atoms with E-state index in [1.54, 1.807) is 36.3 Å². The van der Waals surface area contributed by atoms with Gasteiger partial charge in [-0.2, -0.15) is 0 Å². The number of Topliss-reactive ketones (excluding diaryl/α,β-unsaturated/α-hetero) is 1. The maximum Gasteiger partial charge on any atom is 0.241 e. The van der Waals surface area contributed by atoms with Crippen molar-refractivity contribution in [3.63, 3.8) is 0 Å². The molecular formula is C17H23N3O4. The number of amides is 2. The van der Waals surface area contributed by atoms with Gasteiger partial charge in [-0.15, -0.1) is 0 Å². The molecule has 1 aromatic carbocycles. The van der Waals surface area contributed by atoms with Gasteiger partial charge in [0.2, 0.25) is 11.8 Å². The SMILES string of the molecule is COc1ccc(C(=O)C2CCN(C(=O)CNC(=O)CN)CC2)cc1. The number of likely N-dealkylation sites (tertiary alicyclic amines) is 1. The average Bonchev–Trinajstić information content (AvgIpc) is 2.65. The van der Waals surface area contributed by atoms with Crippen molar-refractivity contribution < 1.29 is 19.1 Å². The molecule has 3 N–H and O–H groups in total. The van der Waals surface area contributed by atoms with E-state index in [9.17, 15) is 14.4 Å². The van der Waals surface area contributed by atoms with Gasteiger partial charge >= 0.3 is 0 Å². The van der Waals surface area contributed by atoms with Gasteiger partial charge in [-0.05, 0) is 37.1 Å². The van der Waals surface area contributed by atoms with Crippen LogP contribution in [0.15, 0.2) is 24.3 Å². The first-order chi connectivity index (χ1) is 11.5. The standard InChI is InChI=1S/C17H23N3O4/c1-24-14-4-2-12(3-5-14)17(23)13-6-8-20(9-7-13)16(22)11-19-15(21)10-18/h2-5,13H,6-11,18H2,1H3,(H,19,21). The Morgan fingerprint density at radius 2 is 1.83 bits per heavy atom. The minimum atomic E-state index is -0.354. The summed E-state index contributed by atoms with van der Waals surface area (Å²) >= 11 is 0. The second-order valence-corrected chi connectivity index (χ2v) is 5.73. The van der Waals surface area contributed by atoms with Crippen LogP contribution in [0.4, 0.5) is 0 Å². The minimum Gasteiger partial charge on any atom is -0.497 e. The summed E-state index contributed by atoms with van der Waals surface area (Å²) in [5.74, 6) is 0.230. The van der Waals surface area contributed by atoms with E-state index in [1.165, 1.54) is 0 Å². The van der Waals surface area contributed by atoms with Crippen molar-refractivity contribution in [2.45, 2.75) is 12.8 Å². The molecule has 1 aliphatic heterocycles. The molecule has 1 saturated heterocycles. The van der Waals surface area contributed by atoms with Gasteiger partial charge in [0.1, 0.15) is 5.75 Å². The third kappa shape index (κ3) is 4.55. The number of rotatable bonds is 6. The van der Waals surface area contributed by atoms with Crippen LogP contribution in [0.3, 0.4) is 0 Å². The van der Waals surface area contributed by atoms with Gasteiger partial charge in [-0.25, -0.2) is 0 Å². The Balaban J connectivity index is 1.84. The van der Waals surface area contributed by atoms with Crippen LogP contribution in [0.1, 0.15) is 23.2 Å². The summed E-state index contributed by atoms with van der Waals surface area (Å²) in [6, 6.07) is 7.07. The Morgan fingerprint density at radius 1 is 1.21 bits per heavy atom. The fourth-order valence-electron chi connectivity index (χ4n) is 2.74. The Morgan fingerprint density at radius 3 is 2.38 bits per heavy atom. The lowest BCUT2D eigenvalue weighted by atomic mass is 9.89. The highest BCUT2D eigenvalue weighted by molar-refractivity contribution is 5.98. The zero-order chi connectivity index (χ0) is 17.5. The normalized spacial score (nSPS) is 15.0. The van der Waals surface area contributed by atoms with E-state index in [1.807, 2.05) is 0 Å². The van der Waals surface area contributed by atoms with Crippen LogP contribution < -0.4 is 15.8 Å². The van der Waals surface area contributed by atoms with Crippen molar-refractivity contribution in [2.24, 2.45) is 11.7 Å². The number of nitrogens with two attached hydrogens (primary N) is 1. The summed E-state index contributed by atoms with van der Waals surface area (Å²) < 4.78 is 5.09. The summed E-state index contributed by atoms with van der Waals surface area (Å²) in [7, 11) is 1.58. The number of methoxy groups -OCH3 is 1. The van der Waals surface area contributed by atoms with Crippen LogP contribution in [-0.2, 0) is 9.59 Å². The molecule has 0 aromatic heterocycles. The van der Waals surface area contributed by atoms with Crippen molar-refractivity contribution in [1.29, 1.82) is 0 Å². The quantitative estimate of drug-likeness (QED) is 0.724. The summed E-state index contributed by atoms with van der Waals surface area (Å²) in [4.78, 5) is 37.3. The van der Waals surface area contributed by atoms with Crippen LogP contribution in [-0.4, -0.2) is 55.8 Å². The molecule has 0 saturated carbocycles. The first-order valence-corrected chi connectivity index (χ1v) is 7.98. The Bertz CT molecular complexity index is 592. The van der Waals surface area contributed by atoms with Gasteiger partial charge in [0.05, 0.1) is 20.2 Å². The molecule has 24 heavy (non-hydrogen) atoms. The number of hydrogen-bond acceptors (Lipinski definition) is 5. The molecule has 2 amide bonds. The first kappa shape index (κ1) is 17.9. The molecule has 1 aliphatic rings. The average molecular weight is 333 g/mol. The Kier molecular flexibility index (Phi) is 6.31. The molecule has 1 heterocycles. The second kappa shape index (κ2) is 8.44. The van der Waals surface area contributed by atoms with Gasteiger partial charge < -0.3 is 20.7 Å². The number of benzene rings is 1. The van der Waals surface area contributed by atoms with Gasteiger partial charge in [0.15, 0.2) is 5.78 Å². The van der Waals surface area contributed by atoms with Crippen molar-refractivity contribution >= 4 is 17.6 Å². The van der Waals surface area contributed by atoms with E-state index in [0.29, 0.717) is 37.2 Å². The van der Waals surface area contributed by atoms with Crippen LogP contribution in [0.25, 0.3) is 0 Å². The number of carbonyl (C=O) groups is 3. The lowest BCUT2D eigenvalue weighted by Gasteiger charge is -2.31. The molecule has 1 aromatic rings. The van der Waals surface area contributed by atoms with Crippen molar-refractivity contribution in [2.75, 3.05) is 33.3 Å². The largest absolute Gasteiger partial charge is 0.497 e. The zero-order valence-electron chi connectivity index (χ0n) is 13.8. The second-order valence-electron chi connectivity index (χ2n) is 5.73. The predicted molar refractivity (Wildman–Crippen MR) is 88.7 cm³/mol. The molecule has 7 heteroatoms. The van der Waals surface area contributed by atoms with Crippen molar-refractivity contribution in [3.8, 4) is 5.75 Å². The Labute approximate surface area is 141 Å². The van der Waals surface area contributed by atoms with E-state index < -0.39 is 0 Å². The van der Waals surface area contributed by atoms with E-state index in [-0.39, 0.29) is 36.6 Å². The first-order valence-electron chi connectivity index (χ1n) is 7.98. The highest BCUT2D eigenvalue weighted by atomic mass is 16.5. The number of piperidine rings is 1. The van der Waals surface area contributed by atoms with Crippen LogP contribution in [0.2, 0.25) is 0 Å². The summed E-state index contributed by atoms with van der Waals surface area (Å²) in [6.07, 6.45) is 1.25. The van der Waals surface area contributed by atoms with Crippen molar-refractivity contribution in [1.82, 2.24) is 10.2 Å². The topological polar surface area (TPSA) is 102 Å². The highest BCUT2D eigenvalue weighted by Crippen LogP contribution is 2.23. The summed E-state index contributed by atoms with van der Waals surface area (Å²) in [6.45, 7) is 0.854.